The average molecular weight is 354 g/mol. The minimum Gasteiger partial charge on any atom is -0.465 e. The predicted molar refractivity (Wildman–Crippen MR) is 102 cm³/mol. The second-order valence-electron chi connectivity index (χ2n) is 5.88. The molecule has 0 atom stereocenters. The van der Waals surface area contributed by atoms with E-state index in [1.165, 1.54) is 12.7 Å². The van der Waals surface area contributed by atoms with Gasteiger partial charge in [-0.25, -0.2) is 4.79 Å². The van der Waals surface area contributed by atoms with Crippen molar-refractivity contribution in [2.45, 2.75) is 20.3 Å². The largest absolute Gasteiger partial charge is 0.465 e. The minimum atomic E-state index is -0.336. The highest BCUT2D eigenvalue weighted by molar-refractivity contribution is 6.30. The molecule has 2 aromatic carbocycles. The summed E-state index contributed by atoms with van der Waals surface area (Å²) in [6, 6.07) is 17.8. The molecule has 0 fully saturated rings. The Balaban J connectivity index is 2.21. The highest BCUT2D eigenvalue weighted by Crippen LogP contribution is 2.30. The second-order valence-corrected chi connectivity index (χ2v) is 6.32. The summed E-state index contributed by atoms with van der Waals surface area (Å²) in [5.41, 5.74) is 5.61. The summed E-state index contributed by atoms with van der Waals surface area (Å²) in [5.74, 6) is -0.336. The van der Waals surface area contributed by atoms with Crippen LogP contribution in [0.4, 0.5) is 0 Å². The van der Waals surface area contributed by atoms with Crippen molar-refractivity contribution in [2.75, 3.05) is 7.11 Å². The zero-order chi connectivity index (χ0) is 18.0. The van der Waals surface area contributed by atoms with Gasteiger partial charge < -0.3 is 9.30 Å². The Morgan fingerprint density at radius 2 is 1.72 bits per heavy atom. The van der Waals surface area contributed by atoms with Gasteiger partial charge in [0.15, 0.2) is 0 Å². The number of carbonyl (C=O) groups excluding carboxylic acids is 1. The van der Waals surface area contributed by atoms with Crippen LogP contribution in [0.2, 0.25) is 5.02 Å². The molecule has 4 heteroatoms. The molecule has 0 N–H and O–H groups in total. The van der Waals surface area contributed by atoms with Gasteiger partial charge in [-0.3, -0.25) is 0 Å². The lowest BCUT2D eigenvalue weighted by molar-refractivity contribution is 0.0600. The zero-order valence-corrected chi connectivity index (χ0v) is 15.3. The molecule has 1 heterocycles. The highest BCUT2D eigenvalue weighted by Gasteiger charge is 2.20. The maximum Gasteiger partial charge on any atom is 0.339 e. The average Bonchev–Trinajstić information content (AvgIpc) is 2.99. The van der Waals surface area contributed by atoms with Crippen LogP contribution in [0.5, 0.6) is 0 Å². The third kappa shape index (κ3) is 3.33. The lowest BCUT2D eigenvalue weighted by Gasteiger charge is -2.13. The number of aromatic nitrogens is 1. The first-order valence-corrected chi connectivity index (χ1v) is 8.59. The van der Waals surface area contributed by atoms with Gasteiger partial charge in [0, 0.05) is 16.4 Å². The molecular weight excluding hydrogens is 334 g/mol. The van der Waals surface area contributed by atoms with Gasteiger partial charge in [0.25, 0.3) is 0 Å². The van der Waals surface area contributed by atoms with Crippen molar-refractivity contribution in [3.8, 4) is 16.9 Å². The Morgan fingerprint density at radius 1 is 1.08 bits per heavy atom. The van der Waals surface area contributed by atoms with Gasteiger partial charge in [0.05, 0.1) is 18.4 Å². The molecule has 0 aliphatic carbocycles. The number of benzene rings is 2. The van der Waals surface area contributed by atoms with E-state index in [4.69, 9.17) is 16.3 Å². The minimum absolute atomic E-state index is 0.336. The third-order valence-electron chi connectivity index (χ3n) is 4.40. The number of ether oxygens (including phenoxy) is 1. The van der Waals surface area contributed by atoms with Crippen LogP contribution in [-0.4, -0.2) is 17.6 Å². The van der Waals surface area contributed by atoms with Crippen molar-refractivity contribution >= 4 is 17.6 Å². The van der Waals surface area contributed by atoms with E-state index in [2.05, 4.69) is 35.8 Å². The van der Waals surface area contributed by atoms with E-state index < -0.39 is 0 Å². The fraction of sp³-hybridized carbons (Fsp3) is 0.190. The first-order chi connectivity index (χ1) is 12.0. The number of nitrogens with zero attached hydrogens (tertiary/aromatic N) is 1. The first kappa shape index (κ1) is 17.3. The van der Waals surface area contributed by atoms with Crippen molar-refractivity contribution in [2.24, 2.45) is 0 Å². The molecule has 0 saturated heterocycles. The highest BCUT2D eigenvalue weighted by atomic mass is 35.5. The van der Waals surface area contributed by atoms with Gasteiger partial charge in [0.2, 0.25) is 0 Å². The molecule has 1 aromatic heterocycles. The molecule has 3 rings (SSSR count). The fourth-order valence-corrected chi connectivity index (χ4v) is 3.10. The van der Waals surface area contributed by atoms with Gasteiger partial charge in [-0.15, -0.1) is 0 Å². The summed E-state index contributed by atoms with van der Waals surface area (Å²) in [5, 5.41) is 0.680. The zero-order valence-electron chi connectivity index (χ0n) is 14.5. The van der Waals surface area contributed by atoms with Crippen LogP contribution in [0, 0.1) is 6.92 Å². The number of aryl methyl sites for hydroxylation is 1. The summed E-state index contributed by atoms with van der Waals surface area (Å²) >= 11 is 6.02. The van der Waals surface area contributed by atoms with Gasteiger partial charge >= 0.3 is 5.97 Å². The summed E-state index contributed by atoms with van der Waals surface area (Å²) in [6.45, 7) is 4.06. The molecule has 0 amide bonds. The Morgan fingerprint density at radius 3 is 2.28 bits per heavy atom. The van der Waals surface area contributed by atoms with E-state index in [0.717, 1.165) is 29.1 Å². The lowest BCUT2D eigenvalue weighted by Crippen LogP contribution is -2.04. The van der Waals surface area contributed by atoms with Crippen molar-refractivity contribution in [3.63, 3.8) is 0 Å². The fourth-order valence-electron chi connectivity index (χ4n) is 2.97. The summed E-state index contributed by atoms with van der Waals surface area (Å²) < 4.78 is 7.02. The summed E-state index contributed by atoms with van der Waals surface area (Å²) in [4.78, 5) is 12.2. The van der Waals surface area contributed by atoms with Crippen molar-refractivity contribution in [1.82, 2.24) is 4.57 Å². The number of hydrogen-bond donors (Lipinski definition) is 0. The van der Waals surface area contributed by atoms with E-state index in [-0.39, 0.29) is 5.97 Å². The standard InChI is InChI=1S/C21H20ClNO2/c1-4-15-5-11-18(12-6-15)23-14(2)19(21(24)25-3)13-20(23)16-7-9-17(22)10-8-16/h5-13H,4H2,1-3H3. The molecular formula is C21H20ClNO2. The molecule has 0 bridgehead atoms. The Labute approximate surface area is 152 Å². The van der Waals surface area contributed by atoms with Crippen LogP contribution in [-0.2, 0) is 11.2 Å². The lowest BCUT2D eigenvalue weighted by atomic mass is 10.1. The molecule has 0 unspecified atom stereocenters. The molecule has 0 saturated carbocycles. The van der Waals surface area contributed by atoms with Gasteiger partial charge in [0.1, 0.15) is 0 Å². The Kier molecular flexibility index (Phi) is 4.95. The predicted octanol–water partition coefficient (Wildman–Crippen LogP) is 5.46. The SMILES string of the molecule is CCc1ccc(-n2c(-c3ccc(Cl)cc3)cc(C(=O)OC)c2C)cc1. The molecule has 25 heavy (non-hydrogen) atoms. The number of esters is 1. The van der Waals surface area contributed by atoms with Gasteiger partial charge in [-0.2, -0.15) is 0 Å². The molecule has 0 spiro atoms. The molecule has 3 nitrogen and oxygen atoms in total. The summed E-state index contributed by atoms with van der Waals surface area (Å²) in [6.07, 6.45) is 0.988. The number of hydrogen-bond acceptors (Lipinski definition) is 2. The summed E-state index contributed by atoms with van der Waals surface area (Å²) in [7, 11) is 1.40. The topological polar surface area (TPSA) is 31.2 Å². The number of methoxy groups -OCH3 is 1. The van der Waals surface area contributed by atoms with Crippen LogP contribution in [0.3, 0.4) is 0 Å². The van der Waals surface area contributed by atoms with Crippen molar-refractivity contribution < 1.29 is 9.53 Å². The molecule has 3 aromatic rings. The quantitative estimate of drug-likeness (QED) is 0.583. The van der Waals surface area contributed by atoms with Gasteiger partial charge in [-0.05, 0) is 54.8 Å². The second kappa shape index (κ2) is 7.16. The first-order valence-electron chi connectivity index (χ1n) is 8.21. The van der Waals surface area contributed by atoms with E-state index in [1.807, 2.05) is 37.3 Å². The maximum atomic E-state index is 12.2. The molecule has 0 radical (unpaired) electrons. The van der Waals surface area contributed by atoms with Crippen LogP contribution >= 0.6 is 11.6 Å². The monoisotopic (exact) mass is 353 g/mol. The van der Waals surface area contributed by atoms with E-state index in [1.54, 1.807) is 0 Å². The Bertz CT molecular complexity index is 893. The normalized spacial score (nSPS) is 10.7. The van der Waals surface area contributed by atoms with E-state index in [9.17, 15) is 4.79 Å². The third-order valence-corrected chi connectivity index (χ3v) is 4.65. The van der Waals surface area contributed by atoms with Crippen LogP contribution in [0.15, 0.2) is 54.6 Å². The van der Waals surface area contributed by atoms with Gasteiger partial charge in [-0.1, -0.05) is 42.8 Å². The number of halogens is 1. The molecule has 128 valence electrons. The smallest absolute Gasteiger partial charge is 0.339 e. The van der Waals surface area contributed by atoms with E-state index in [0.29, 0.717) is 10.6 Å². The maximum absolute atomic E-state index is 12.2. The Hall–Kier alpha value is -2.52. The number of carbonyl (C=O) groups is 1. The van der Waals surface area contributed by atoms with Crippen LogP contribution in [0.25, 0.3) is 16.9 Å². The van der Waals surface area contributed by atoms with Crippen molar-refractivity contribution in [3.05, 3.63) is 76.4 Å². The van der Waals surface area contributed by atoms with Crippen molar-refractivity contribution in [1.29, 1.82) is 0 Å². The molecule has 0 aliphatic heterocycles. The van der Waals surface area contributed by atoms with E-state index >= 15 is 0 Å². The molecule has 0 aliphatic rings. The van der Waals surface area contributed by atoms with Crippen LogP contribution in [0.1, 0.15) is 28.5 Å². The van der Waals surface area contributed by atoms with Crippen LogP contribution < -0.4 is 0 Å². The number of rotatable bonds is 4.